The summed E-state index contributed by atoms with van der Waals surface area (Å²) in [7, 11) is 1.49. The van der Waals surface area contributed by atoms with Crippen LogP contribution in [0.15, 0.2) is 18.2 Å². The smallest absolute Gasteiger partial charge is 0.245 e. The molecule has 8 heteroatoms. The maximum Gasteiger partial charge on any atom is 0.245 e. The fraction of sp³-hybridized carbons (Fsp3) is 0.533. The minimum atomic E-state index is -0.146. The summed E-state index contributed by atoms with van der Waals surface area (Å²) >= 11 is 12.1. The van der Waals surface area contributed by atoms with Gasteiger partial charge in [-0.05, 0) is 17.7 Å². The maximum absolute atomic E-state index is 11.6. The molecule has 5 nitrogen and oxygen atoms in total. The van der Waals surface area contributed by atoms with Crippen LogP contribution in [-0.2, 0) is 14.3 Å². The van der Waals surface area contributed by atoms with Crippen LogP contribution < -0.4 is 10.6 Å². The van der Waals surface area contributed by atoms with Crippen molar-refractivity contribution in [2.45, 2.75) is 6.10 Å². The van der Waals surface area contributed by atoms with E-state index in [0.717, 1.165) is 18.7 Å². The van der Waals surface area contributed by atoms with Gasteiger partial charge in [-0.1, -0.05) is 29.3 Å². The number of rotatable bonds is 5. The van der Waals surface area contributed by atoms with E-state index >= 15 is 0 Å². The van der Waals surface area contributed by atoms with Crippen LogP contribution in [0.1, 0.15) is 11.7 Å². The second-order valence-electron chi connectivity index (χ2n) is 5.17. The van der Waals surface area contributed by atoms with Gasteiger partial charge in [0.1, 0.15) is 6.61 Å². The summed E-state index contributed by atoms with van der Waals surface area (Å²) in [5.41, 5.74) is 0.962. The third-order valence-electron chi connectivity index (χ3n) is 3.52. The minimum absolute atomic E-state index is 0. The standard InChI is InChI=1S/C15H20Cl2N2O3.ClH/c1-21-9-14(20)19-8-11-7-18-4-5-22-15(11)10-2-3-12(16)13(17)6-10;/h2-3,6,11,15,18H,4-5,7-9H2,1H3,(H,19,20);1H/t11-,15+;/m1./s1. The lowest BCUT2D eigenvalue weighted by atomic mass is 9.95. The lowest BCUT2D eigenvalue weighted by Crippen LogP contribution is -2.37. The highest BCUT2D eigenvalue weighted by molar-refractivity contribution is 6.42. The molecule has 1 aliphatic heterocycles. The van der Waals surface area contributed by atoms with Crippen LogP contribution >= 0.6 is 35.6 Å². The Morgan fingerprint density at radius 1 is 1.43 bits per heavy atom. The molecule has 1 aromatic rings. The number of halogens is 3. The molecule has 1 aliphatic rings. The quantitative estimate of drug-likeness (QED) is 0.820. The number of methoxy groups -OCH3 is 1. The van der Waals surface area contributed by atoms with Crippen LogP contribution in [0.25, 0.3) is 0 Å². The molecule has 130 valence electrons. The molecule has 0 saturated carbocycles. The van der Waals surface area contributed by atoms with E-state index in [9.17, 15) is 4.79 Å². The molecule has 1 fully saturated rings. The van der Waals surface area contributed by atoms with Crippen molar-refractivity contribution in [3.8, 4) is 0 Å². The molecule has 0 radical (unpaired) electrons. The van der Waals surface area contributed by atoms with Gasteiger partial charge in [-0.25, -0.2) is 0 Å². The van der Waals surface area contributed by atoms with Gasteiger partial charge in [-0.15, -0.1) is 12.4 Å². The Balaban J connectivity index is 0.00000264. The van der Waals surface area contributed by atoms with Crippen LogP contribution in [0.5, 0.6) is 0 Å². The van der Waals surface area contributed by atoms with Gasteiger partial charge in [0.15, 0.2) is 0 Å². The average Bonchev–Trinajstić information content (AvgIpc) is 2.74. The number of amides is 1. The molecule has 1 heterocycles. The molecule has 1 aromatic carbocycles. The van der Waals surface area contributed by atoms with E-state index < -0.39 is 0 Å². The second kappa shape index (κ2) is 10.3. The van der Waals surface area contributed by atoms with E-state index in [4.69, 9.17) is 32.7 Å². The van der Waals surface area contributed by atoms with E-state index in [2.05, 4.69) is 10.6 Å². The zero-order valence-electron chi connectivity index (χ0n) is 12.8. The third-order valence-corrected chi connectivity index (χ3v) is 4.26. The Bertz CT molecular complexity index is 517. The van der Waals surface area contributed by atoms with Gasteiger partial charge in [0.2, 0.25) is 5.91 Å². The normalized spacial score (nSPS) is 21.2. The molecule has 23 heavy (non-hydrogen) atoms. The van der Waals surface area contributed by atoms with Crippen LogP contribution in [0, 0.1) is 5.92 Å². The molecular formula is C15H21Cl3N2O3. The molecule has 2 atom stereocenters. The first kappa shape index (κ1) is 20.5. The SMILES string of the molecule is COCC(=O)NC[C@H]1CNCCO[C@H]1c1ccc(Cl)c(Cl)c1.Cl. The lowest BCUT2D eigenvalue weighted by molar-refractivity contribution is -0.125. The molecule has 0 unspecified atom stereocenters. The summed E-state index contributed by atoms with van der Waals surface area (Å²) in [6.45, 7) is 2.69. The molecule has 1 amide bonds. The second-order valence-corrected chi connectivity index (χ2v) is 5.98. The molecule has 2 N–H and O–H groups in total. The van der Waals surface area contributed by atoms with Crippen molar-refractivity contribution in [1.82, 2.24) is 10.6 Å². The summed E-state index contributed by atoms with van der Waals surface area (Å²) in [5, 5.41) is 7.19. The number of nitrogens with one attached hydrogen (secondary N) is 2. The first-order valence-electron chi connectivity index (χ1n) is 7.14. The highest BCUT2D eigenvalue weighted by Crippen LogP contribution is 2.31. The van der Waals surface area contributed by atoms with Gasteiger partial charge < -0.3 is 20.1 Å². The molecular weight excluding hydrogens is 363 g/mol. The topological polar surface area (TPSA) is 59.6 Å². The van der Waals surface area contributed by atoms with Gasteiger partial charge in [0.25, 0.3) is 0 Å². The van der Waals surface area contributed by atoms with Crippen molar-refractivity contribution >= 4 is 41.5 Å². The van der Waals surface area contributed by atoms with Gasteiger partial charge >= 0.3 is 0 Å². The average molecular weight is 384 g/mol. The Kier molecular flexibility index (Phi) is 9.20. The highest BCUT2D eigenvalue weighted by Gasteiger charge is 2.27. The molecule has 0 bridgehead atoms. The van der Waals surface area contributed by atoms with Crippen LogP contribution in [0.2, 0.25) is 10.0 Å². The number of hydrogen-bond acceptors (Lipinski definition) is 4. The summed E-state index contributed by atoms with van der Waals surface area (Å²) in [6.07, 6.45) is -0.146. The minimum Gasteiger partial charge on any atom is -0.375 e. The van der Waals surface area contributed by atoms with E-state index in [1.165, 1.54) is 7.11 Å². The summed E-state index contributed by atoms with van der Waals surface area (Å²) in [4.78, 5) is 11.6. The number of carbonyl (C=O) groups excluding carboxylic acids is 1. The number of hydrogen-bond donors (Lipinski definition) is 2. The fourth-order valence-electron chi connectivity index (χ4n) is 2.45. The molecule has 0 aromatic heterocycles. The number of benzene rings is 1. The molecule has 2 rings (SSSR count). The molecule has 0 spiro atoms. The predicted octanol–water partition coefficient (Wildman–Crippen LogP) is 2.45. The van der Waals surface area contributed by atoms with E-state index in [1.54, 1.807) is 6.07 Å². The predicted molar refractivity (Wildman–Crippen MR) is 93.6 cm³/mol. The van der Waals surface area contributed by atoms with Crippen molar-refractivity contribution < 1.29 is 14.3 Å². The Hall–Kier alpha value is -0.560. The van der Waals surface area contributed by atoms with Crippen molar-refractivity contribution in [3.63, 3.8) is 0 Å². The zero-order valence-corrected chi connectivity index (χ0v) is 15.1. The van der Waals surface area contributed by atoms with Gasteiger partial charge in [0.05, 0.1) is 22.8 Å². The Morgan fingerprint density at radius 2 is 2.22 bits per heavy atom. The first-order valence-corrected chi connectivity index (χ1v) is 7.90. The summed E-state index contributed by atoms with van der Waals surface area (Å²) < 4.78 is 10.8. The Morgan fingerprint density at radius 3 is 2.91 bits per heavy atom. The molecule has 0 aliphatic carbocycles. The monoisotopic (exact) mass is 382 g/mol. The highest BCUT2D eigenvalue weighted by atomic mass is 35.5. The van der Waals surface area contributed by atoms with Crippen molar-refractivity contribution in [2.75, 3.05) is 40.0 Å². The van der Waals surface area contributed by atoms with E-state index in [0.29, 0.717) is 23.2 Å². The van der Waals surface area contributed by atoms with Gasteiger partial charge in [-0.3, -0.25) is 4.79 Å². The first-order chi connectivity index (χ1) is 10.6. The summed E-state index contributed by atoms with van der Waals surface area (Å²) in [5.74, 6) is -0.0415. The number of carbonyl (C=O) groups is 1. The van der Waals surface area contributed by atoms with Crippen molar-refractivity contribution in [2.24, 2.45) is 5.92 Å². The zero-order chi connectivity index (χ0) is 15.9. The Labute approximate surface area is 152 Å². The van der Waals surface area contributed by atoms with E-state index in [-0.39, 0.29) is 36.9 Å². The largest absolute Gasteiger partial charge is 0.375 e. The van der Waals surface area contributed by atoms with Crippen LogP contribution in [-0.4, -0.2) is 45.9 Å². The van der Waals surface area contributed by atoms with E-state index in [1.807, 2.05) is 12.1 Å². The van der Waals surface area contributed by atoms with Crippen LogP contribution in [0.3, 0.4) is 0 Å². The van der Waals surface area contributed by atoms with Gasteiger partial charge in [-0.2, -0.15) is 0 Å². The third kappa shape index (κ3) is 6.10. The van der Waals surface area contributed by atoms with Gasteiger partial charge in [0, 0.05) is 32.7 Å². The lowest BCUT2D eigenvalue weighted by Gasteiger charge is -2.25. The van der Waals surface area contributed by atoms with Crippen LogP contribution in [0.4, 0.5) is 0 Å². The number of ether oxygens (including phenoxy) is 2. The maximum atomic E-state index is 11.6. The molecule has 1 saturated heterocycles. The summed E-state index contributed by atoms with van der Waals surface area (Å²) in [6, 6.07) is 5.50. The van der Waals surface area contributed by atoms with Crippen molar-refractivity contribution in [3.05, 3.63) is 33.8 Å². The fourth-order valence-corrected chi connectivity index (χ4v) is 2.76. The van der Waals surface area contributed by atoms with Crippen molar-refractivity contribution in [1.29, 1.82) is 0 Å².